The van der Waals surface area contributed by atoms with Crippen LogP contribution in [-0.4, -0.2) is 92.7 Å². The van der Waals surface area contributed by atoms with Gasteiger partial charge in [-0.25, -0.2) is 16.8 Å². The van der Waals surface area contributed by atoms with Gasteiger partial charge in [0.2, 0.25) is 0 Å². The Morgan fingerprint density at radius 2 is 0.940 bits per heavy atom. The molecule has 4 atom stereocenters. The first-order chi connectivity index (χ1) is 23.4. The van der Waals surface area contributed by atoms with Gasteiger partial charge in [0.05, 0.1) is 21.6 Å². The number of aromatic nitrogens is 8. The van der Waals surface area contributed by atoms with Crippen LogP contribution in [0.1, 0.15) is 75.1 Å². The highest BCUT2D eigenvalue weighted by Crippen LogP contribution is 2.33. The quantitative estimate of drug-likeness (QED) is 0.129. The van der Waals surface area contributed by atoms with Crippen LogP contribution in [0, 0.1) is 23.7 Å². The molecule has 0 fully saturated rings. The third-order valence-corrected chi connectivity index (χ3v) is 10.3. The van der Waals surface area contributed by atoms with Crippen molar-refractivity contribution in [2.75, 3.05) is 12.5 Å². The lowest BCUT2D eigenvalue weighted by atomic mass is 9.81. The smallest absolute Gasteiger partial charge is 0.307 e. The summed E-state index contributed by atoms with van der Waals surface area (Å²) in [5.74, 6) is -2.95. The molecule has 4 N–H and O–H groups in total. The number of nitrogens with one attached hydrogen (secondary N) is 2. The number of aliphatic carboxylic acids is 2. The van der Waals surface area contributed by atoms with Crippen molar-refractivity contribution in [1.82, 2.24) is 41.2 Å². The molecule has 16 nitrogen and oxygen atoms in total. The molecular formula is C32H44N8O8S2. The molecule has 0 saturated carbocycles. The van der Waals surface area contributed by atoms with Crippen molar-refractivity contribution in [2.45, 2.75) is 75.0 Å². The number of hydrogen-bond donors (Lipinski definition) is 4. The zero-order valence-electron chi connectivity index (χ0n) is 28.8. The van der Waals surface area contributed by atoms with Crippen LogP contribution in [0.3, 0.4) is 0 Å². The van der Waals surface area contributed by atoms with Crippen molar-refractivity contribution in [2.24, 2.45) is 23.7 Å². The maximum absolute atomic E-state index is 11.8. The molecule has 0 radical (unpaired) electrons. The van der Waals surface area contributed by atoms with Crippen molar-refractivity contribution in [3.8, 4) is 0 Å². The van der Waals surface area contributed by atoms with E-state index in [-0.39, 0.29) is 21.6 Å². The van der Waals surface area contributed by atoms with Gasteiger partial charge in [-0.15, -0.1) is 20.4 Å². The van der Waals surface area contributed by atoms with Crippen molar-refractivity contribution in [3.63, 3.8) is 0 Å². The molecule has 0 aliphatic rings. The van der Waals surface area contributed by atoms with Crippen LogP contribution in [-0.2, 0) is 42.1 Å². The van der Waals surface area contributed by atoms with E-state index in [1.165, 1.54) is 24.3 Å². The molecule has 0 aliphatic carbocycles. The lowest BCUT2D eigenvalue weighted by Gasteiger charge is -2.23. The lowest BCUT2D eigenvalue weighted by molar-refractivity contribution is -0.144. The van der Waals surface area contributed by atoms with E-state index in [2.05, 4.69) is 41.2 Å². The normalized spacial score (nSPS) is 14.4. The monoisotopic (exact) mass is 732 g/mol. The van der Waals surface area contributed by atoms with Crippen molar-refractivity contribution in [1.29, 1.82) is 0 Å². The van der Waals surface area contributed by atoms with Crippen LogP contribution in [0.25, 0.3) is 0 Å². The summed E-state index contributed by atoms with van der Waals surface area (Å²) in [7, 11) is -6.54. The van der Waals surface area contributed by atoms with Gasteiger partial charge in [-0.05, 0) is 72.9 Å². The van der Waals surface area contributed by atoms with Crippen LogP contribution in [0.2, 0.25) is 0 Å². The Balaban J connectivity index is 0.000000270. The van der Waals surface area contributed by atoms with Crippen molar-refractivity contribution in [3.05, 3.63) is 71.3 Å². The largest absolute Gasteiger partial charge is 0.481 e. The maximum atomic E-state index is 11.8. The predicted octanol–water partition coefficient (Wildman–Crippen LogP) is 3.35. The van der Waals surface area contributed by atoms with Gasteiger partial charge in [-0.3, -0.25) is 9.59 Å². The van der Waals surface area contributed by atoms with Gasteiger partial charge in [0.25, 0.3) is 0 Å². The average molecular weight is 733 g/mol. The highest BCUT2D eigenvalue weighted by atomic mass is 32.2. The molecular weight excluding hydrogens is 689 g/mol. The van der Waals surface area contributed by atoms with Crippen LogP contribution < -0.4 is 0 Å². The van der Waals surface area contributed by atoms with E-state index >= 15 is 0 Å². The Hall–Kier alpha value is -4.58. The van der Waals surface area contributed by atoms with E-state index in [9.17, 15) is 36.6 Å². The Labute approximate surface area is 291 Å². The number of sulfone groups is 2. The second kappa shape index (κ2) is 17.4. The number of carboxylic acids is 2. The summed E-state index contributed by atoms with van der Waals surface area (Å²) in [6.45, 7) is 7.85. The first-order valence-corrected chi connectivity index (χ1v) is 19.6. The summed E-state index contributed by atoms with van der Waals surface area (Å²) in [5.41, 5.74) is 1.63. The van der Waals surface area contributed by atoms with Crippen LogP contribution in [0.4, 0.5) is 0 Å². The highest BCUT2D eigenvalue weighted by molar-refractivity contribution is 7.91. The molecule has 0 amide bonds. The van der Waals surface area contributed by atoms with E-state index in [1.54, 1.807) is 24.3 Å². The molecule has 2 heterocycles. The summed E-state index contributed by atoms with van der Waals surface area (Å²) >= 11 is 0. The van der Waals surface area contributed by atoms with E-state index < -0.39 is 55.3 Å². The van der Waals surface area contributed by atoms with Crippen molar-refractivity contribution < 1.29 is 36.6 Å². The van der Waals surface area contributed by atoms with Gasteiger partial charge in [0, 0.05) is 24.3 Å². The van der Waals surface area contributed by atoms with Crippen LogP contribution in [0.15, 0.2) is 58.3 Å². The number of tetrazole rings is 2. The second-order valence-electron chi connectivity index (χ2n) is 13.1. The van der Waals surface area contributed by atoms with E-state index in [0.717, 1.165) is 23.6 Å². The topological polar surface area (TPSA) is 252 Å². The fourth-order valence-electron chi connectivity index (χ4n) is 5.62. The van der Waals surface area contributed by atoms with Gasteiger partial charge in [0.1, 0.15) is 0 Å². The third-order valence-electron chi connectivity index (χ3n) is 8.06. The van der Waals surface area contributed by atoms with Gasteiger partial charge in [-0.1, -0.05) is 62.4 Å². The fraction of sp³-hybridized carbons (Fsp3) is 0.500. The van der Waals surface area contributed by atoms with Gasteiger partial charge in [0.15, 0.2) is 31.3 Å². The molecule has 0 aliphatic heterocycles. The molecule has 4 rings (SSSR count). The van der Waals surface area contributed by atoms with Gasteiger partial charge >= 0.3 is 11.9 Å². The molecule has 2 aromatic heterocycles. The van der Waals surface area contributed by atoms with Gasteiger partial charge in [-0.2, -0.15) is 10.4 Å². The fourth-order valence-corrected chi connectivity index (χ4v) is 6.88. The minimum atomic E-state index is -3.27. The molecule has 0 saturated heterocycles. The van der Waals surface area contributed by atoms with E-state index in [1.807, 2.05) is 27.7 Å². The number of aromatic amines is 2. The van der Waals surface area contributed by atoms with Crippen LogP contribution in [0.5, 0.6) is 0 Å². The van der Waals surface area contributed by atoms with Gasteiger partial charge < -0.3 is 10.2 Å². The minimum absolute atomic E-state index is 0.197. The van der Waals surface area contributed by atoms with Crippen molar-refractivity contribution >= 4 is 31.6 Å². The minimum Gasteiger partial charge on any atom is -0.481 e. The number of nitrogens with zero attached hydrogens (tertiary/aromatic N) is 6. The molecule has 50 heavy (non-hydrogen) atoms. The number of benzene rings is 2. The third kappa shape index (κ3) is 11.8. The first-order valence-electron chi connectivity index (χ1n) is 15.9. The average Bonchev–Trinajstić information content (AvgIpc) is 3.76. The maximum Gasteiger partial charge on any atom is 0.307 e. The number of H-pyrrole nitrogens is 2. The predicted molar refractivity (Wildman–Crippen MR) is 182 cm³/mol. The summed E-state index contributed by atoms with van der Waals surface area (Å²) in [4.78, 5) is 24.0. The van der Waals surface area contributed by atoms with Crippen LogP contribution >= 0.6 is 0 Å². The zero-order valence-corrected chi connectivity index (χ0v) is 30.4. The number of carboxylic acid groups (broad SMARTS) is 2. The standard InChI is InChI=1S/2C16H22N4O4S/c2*1-10(2)8-14(16(21)22)13(15-17-19-20-18-15)9-11-4-6-12(7-5-11)25(3,23)24/h2*4-7,10,13-14H,8-9H2,1-3H3,(H,21,22)(H,17,18,19,20)/t13-,14+;13-,14-/m00/s1. The lowest BCUT2D eigenvalue weighted by Crippen LogP contribution is -2.26. The summed E-state index contributed by atoms with van der Waals surface area (Å²) in [6, 6.07) is 12.9. The molecule has 272 valence electrons. The first kappa shape index (κ1) is 39.9. The second-order valence-corrected chi connectivity index (χ2v) is 17.2. The zero-order chi connectivity index (χ0) is 37.2. The molecule has 0 spiro atoms. The molecule has 0 unspecified atom stereocenters. The number of hydrogen-bond acceptors (Lipinski definition) is 12. The summed E-state index contributed by atoms with van der Waals surface area (Å²) in [5, 5.41) is 47.0. The summed E-state index contributed by atoms with van der Waals surface area (Å²) < 4.78 is 46.2. The Bertz CT molecular complexity index is 1740. The molecule has 18 heteroatoms. The molecule has 0 bridgehead atoms. The number of rotatable bonds is 16. The molecule has 2 aromatic carbocycles. The number of carbonyl (C=O) groups is 2. The van der Waals surface area contributed by atoms with E-state index in [0.29, 0.717) is 37.3 Å². The SMILES string of the molecule is CC(C)C[C@@H](C(=O)O)[C@H](Cc1ccc(S(C)(=O)=O)cc1)c1nn[nH]n1.CC(C)C[C@H](C(=O)O)[C@H](Cc1ccc(S(C)(=O)=O)cc1)c1nn[nH]n1. The Kier molecular flexibility index (Phi) is 13.9. The Morgan fingerprint density at radius 1 is 0.620 bits per heavy atom. The van der Waals surface area contributed by atoms with E-state index in [4.69, 9.17) is 0 Å². The Morgan fingerprint density at radius 3 is 1.16 bits per heavy atom. The highest BCUT2D eigenvalue weighted by Gasteiger charge is 2.34. The molecule has 4 aromatic rings. The summed E-state index contributed by atoms with van der Waals surface area (Å²) in [6.07, 6.45) is 4.02.